The molecule has 0 radical (unpaired) electrons. The second-order valence-electron chi connectivity index (χ2n) is 4.59. The molecule has 112 valence electrons. The summed E-state index contributed by atoms with van der Waals surface area (Å²) in [5.74, 6) is 0.668. The fourth-order valence-electron chi connectivity index (χ4n) is 1.99. The molecule has 0 unspecified atom stereocenters. The summed E-state index contributed by atoms with van der Waals surface area (Å²) in [7, 11) is 0. The quantitative estimate of drug-likeness (QED) is 0.789. The van der Waals surface area contributed by atoms with Crippen molar-refractivity contribution < 1.29 is 9.32 Å². The van der Waals surface area contributed by atoms with E-state index in [1.807, 2.05) is 12.1 Å². The second-order valence-corrected chi connectivity index (χ2v) is 5.78. The Morgan fingerprint density at radius 2 is 2.18 bits per heavy atom. The van der Waals surface area contributed by atoms with Gasteiger partial charge in [0, 0.05) is 22.1 Å². The highest BCUT2D eigenvalue weighted by Crippen LogP contribution is 2.24. The van der Waals surface area contributed by atoms with Crippen LogP contribution in [0.1, 0.15) is 21.8 Å². The Morgan fingerprint density at radius 1 is 1.36 bits per heavy atom. The van der Waals surface area contributed by atoms with Crippen LogP contribution < -0.4 is 5.32 Å². The molecule has 0 saturated heterocycles. The molecular weight excluding hydrogens is 324 g/mol. The molecule has 6 nitrogen and oxygen atoms in total. The second kappa shape index (κ2) is 5.86. The zero-order chi connectivity index (χ0) is 15.7. The van der Waals surface area contributed by atoms with Gasteiger partial charge in [-0.25, -0.2) is 0 Å². The van der Waals surface area contributed by atoms with E-state index < -0.39 is 0 Å². The Bertz CT molecular complexity index is 823. The first-order valence-corrected chi connectivity index (χ1v) is 7.53. The van der Waals surface area contributed by atoms with Crippen molar-refractivity contribution in [3.63, 3.8) is 0 Å². The number of nitrogens with zero attached hydrogens (tertiary/aromatic N) is 3. The highest BCUT2D eigenvalue weighted by Gasteiger charge is 2.19. The molecule has 2 aromatic heterocycles. The highest BCUT2D eigenvalue weighted by atomic mass is 35.5. The summed E-state index contributed by atoms with van der Waals surface area (Å²) in [5.41, 5.74) is 1.75. The summed E-state index contributed by atoms with van der Waals surface area (Å²) in [6.45, 7) is 3.40. The zero-order valence-corrected chi connectivity index (χ0v) is 13.3. The van der Waals surface area contributed by atoms with Gasteiger partial charge in [-0.2, -0.15) is 9.36 Å². The molecule has 0 fully saturated rings. The molecule has 0 saturated carbocycles. The smallest absolute Gasteiger partial charge is 0.262 e. The van der Waals surface area contributed by atoms with E-state index in [9.17, 15) is 4.79 Å². The first kappa shape index (κ1) is 14.7. The number of hydrogen-bond donors (Lipinski definition) is 1. The van der Waals surface area contributed by atoms with Gasteiger partial charge in [0.15, 0.2) is 5.82 Å². The van der Waals surface area contributed by atoms with Gasteiger partial charge in [0.1, 0.15) is 11.3 Å². The van der Waals surface area contributed by atoms with Gasteiger partial charge in [-0.15, -0.1) is 0 Å². The van der Waals surface area contributed by atoms with E-state index in [0.29, 0.717) is 33.0 Å². The summed E-state index contributed by atoms with van der Waals surface area (Å²) in [6, 6.07) is 7.22. The van der Waals surface area contributed by atoms with Crippen LogP contribution in [-0.2, 0) is 0 Å². The van der Waals surface area contributed by atoms with E-state index >= 15 is 0 Å². The Balaban J connectivity index is 1.82. The van der Waals surface area contributed by atoms with Crippen molar-refractivity contribution >= 4 is 34.2 Å². The predicted octanol–water partition coefficient (Wildman–Crippen LogP) is 3.72. The van der Waals surface area contributed by atoms with Gasteiger partial charge >= 0.3 is 0 Å². The van der Waals surface area contributed by atoms with Crippen molar-refractivity contribution in [2.75, 3.05) is 5.32 Å². The topological polar surface area (TPSA) is 80.9 Å². The number of carbonyl (C=O) groups excluding carboxylic acids is 1. The number of hydrogen-bond acceptors (Lipinski definition) is 6. The summed E-state index contributed by atoms with van der Waals surface area (Å²) < 4.78 is 9.21. The fourth-order valence-corrected chi connectivity index (χ4v) is 2.76. The van der Waals surface area contributed by atoms with Gasteiger partial charge in [-0.05, 0) is 26.0 Å². The minimum atomic E-state index is -0.315. The number of aromatic nitrogens is 3. The average molecular weight is 335 g/mol. The first-order chi connectivity index (χ1) is 10.5. The number of carbonyl (C=O) groups is 1. The van der Waals surface area contributed by atoms with Crippen molar-refractivity contribution in [2.24, 2.45) is 0 Å². The van der Waals surface area contributed by atoms with Crippen molar-refractivity contribution in [1.82, 2.24) is 14.5 Å². The van der Waals surface area contributed by atoms with Crippen LogP contribution in [0.3, 0.4) is 0 Å². The van der Waals surface area contributed by atoms with E-state index in [1.54, 1.807) is 26.0 Å². The number of aryl methyl sites for hydroxylation is 2. The third-order valence-electron chi connectivity index (χ3n) is 2.99. The lowest BCUT2D eigenvalue weighted by Crippen LogP contribution is -2.13. The molecule has 0 spiro atoms. The standard InChI is InChI=1S/C14H11ClN4O2S/c1-7-11(8(2)21-18-7)13(20)17-14-16-12(19-22-14)9-4-3-5-10(15)6-9/h3-6H,1-2H3,(H,16,17,19,20). The third-order valence-corrected chi connectivity index (χ3v) is 3.86. The lowest BCUT2D eigenvalue weighted by Gasteiger charge is -1.99. The third kappa shape index (κ3) is 2.86. The summed E-state index contributed by atoms with van der Waals surface area (Å²) in [5, 5.41) is 7.47. The molecule has 3 aromatic rings. The number of amides is 1. The van der Waals surface area contributed by atoms with Gasteiger partial charge in [0.05, 0.1) is 5.69 Å². The molecule has 0 aliphatic heterocycles. The molecule has 8 heteroatoms. The van der Waals surface area contributed by atoms with Crippen molar-refractivity contribution in [1.29, 1.82) is 0 Å². The lowest BCUT2D eigenvalue weighted by atomic mass is 10.2. The fraction of sp³-hybridized carbons (Fsp3) is 0.143. The number of anilines is 1. The number of benzene rings is 1. The van der Waals surface area contributed by atoms with Gasteiger partial charge < -0.3 is 4.52 Å². The normalized spacial score (nSPS) is 10.7. The van der Waals surface area contributed by atoms with E-state index in [4.69, 9.17) is 16.1 Å². The van der Waals surface area contributed by atoms with Gasteiger partial charge in [-0.1, -0.05) is 28.9 Å². The first-order valence-electron chi connectivity index (χ1n) is 6.38. The maximum Gasteiger partial charge on any atom is 0.262 e. The minimum Gasteiger partial charge on any atom is -0.361 e. The Kier molecular flexibility index (Phi) is 3.91. The van der Waals surface area contributed by atoms with E-state index in [-0.39, 0.29) is 5.91 Å². The average Bonchev–Trinajstić information content (AvgIpc) is 3.06. The van der Waals surface area contributed by atoms with Gasteiger partial charge in [-0.3, -0.25) is 10.1 Å². The monoisotopic (exact) mass is 334 g/mol. The van der Waals surface area contributed by atoms with Crippen molar-refractivity contribution in [3.05, 3.63) is 46.3 Å². The van der Waals surface area contributed by atoms with E-state index in [0.717, 1.165) is 17.1 Å². The van der Waals surface area contributed by atoms with Crippen molar-refractivity contribution in [3.8, 4) is 11.4 Å². The SMILES string of the molecule is Cc1noc(C)c1C(=O)Nc1nc(-c2cccc(Cl)c2)ns1. The molecule has 1 amide bonds. The van der Waals surface area contributed by atoms with Crippen LogP contribution >= 0.6 is 23.1 Å². The number of nitrogens with one attached hydrogen (secondary N) is 1. The molecule has 0 aliphatic rings. The van der Waals surface area contributed by atoms with Crippen LogP contribution in [0.15, 0.2) is 28.8 Å². The van der Waals surface area contributed by atoms with Crippen LogP contribution in [0.2, 0.25) is 5.02 Å². The molecule has 0 atom stereocenters. The van der Waals surface area contributed by atoms with Crippen LogP contribution in [-0.4, -0.2) is 20.4 Å². The number of halogens is 1. The molecule has 22 heavy (non-hydrogen) atoms. The molecule has 0 bridgehead atoms. The van der Waals surface area contributed by atoms with Crippen LogP contribution in [0, 0.1) is 13.8 Å². The molecular formula is C14H11ClN4O2S. The minimum absolute atomic E-state index is 0.315. The summed E-state index contributed by atoms with van der Waals surface area (Å²) in [4.78, 5) is 16.5. The summed E-state index contributed by atoms with van der Waals surface area (Å²) in [6.07, 6.45) is 0. The maximum atomic E-state index is 12.2. The highest BCUT2D eigenvalue weighted by molar-refractivity contribution is 7.10. The Hall–Kier alpha value is -2.25. The summed E-state index contributed by atoms with van der Waals surface area (Å²) >= 11 is 7.05. The van der Waals surface area contributed by atoms with Crippen LogP contribution in [0.25, 0.3) is 11.4 Å². The molecule has 0 aliphatic carbocycles. The molecule has 1 N–H and O–H groups in total. The molecule has 1 aromatic carbocycles. The Labute approximate surface area is 135 Å². The van der Waals surface area contributed by atoms with Crippen LogP contribution in [0.5, 0.6) is 0 Å². The number of rotatable bonds is 3. The van der Waals surface area contributed by atoms with Crippen LogP contribution in [0.4, 0.5) is 5.13 Å². The van der Waals surface area contributed by atoms with E-state index in [1.165, 1.54) is 0 Å². The largest absolute Gasteiger partial charge is 0.361 e. The molecule has 3 rings (SSSR count). The van der Waals surface area contributed by atoms with Crippen molar-refractivity contribution in [2.45, 2.75) is 13.8 Å². The predicted molar refractivity (Wildman–Crippen MR) is 84.3 cm³/mol. The van der Waals surface area contributed by atoms with Gasteiger partial charge in [0.25, 0.3) is 5.91 Å². The van der Waals surface area contributed by atoms with E-state index in [2.05, 4.69) is 19.8 Å². The lowest BCUT2D eigenvalue weighted by molar-refractivity contribution is 0.102. The molecule has 2 heterocycles. The van der Waals surface area contributed by atoms with Gasteiger partial charge in [0.2, 0.25) is 5.13 Å². The maximum absolute atomic E-state index is 12.2. The zero-order valence-electron chi connectivity index (χ0n) is 11.8. The Morgan fingerprint density at radius 3 is 2.86 bits per heavy atom.